The molecule has 4 nitrogen and oxygen atoms in total. The molecule has 162 valence electrons. The van der Waals surface area contributed by atoms with Crippen LogP contribution in [-0.2, 0) is 6.18 Å². The summed E-state index contributed by atoms with van der Waals surface area (Å²) in [5.41, 5.74) is 0.183. The lowest BCUT2D eigenvalue weighted by atomic mass is 9.90. The van der Waals surface area contributed by atoms with Crippen molar-refractivity contribution >= 4 is 34.1 Å². The zero-order valence-corrected chi connectivity index (χ0v) is 17.3. The van der Waals surface area contributed by atoms with Gasteiger partial charge in [-0.1, -0.05) is 41.9 Å². The molecule has 0 bridgehead atoms. The summed E-state index contributed by atoms with van der Waals surface area (Å²) in [4.78, 5) is 16.3. The summed E-state index contributed by atoms with van der Waals surface area (Å²) in [5.74, 6) is -0.245. The maximum Gasteiger partial charge on any atom is 0.433 e. The Morgan fingerprint density at radius 1 is 1.03 bits per heavy atom. The minimum Gasteiger partial charge on any atom is -0.382 e. The fourth-order valence-corrected chi connectivity index (χ4v) is 4.24. The monoisotopic (exact) mass is 447 g/mol. The van der Waals surface area contributed by atoms with E-state index in [2.05, 4.69) is 15.6 Å². The second kappa shape index (κ2) is 8.75. The number of aromatic nitrogens is 1. The van der Waals surface area contributed by atoms with Crippen molar-refractivity contribution in [3.63, 3.8) is 0 Å². The summed E-state index contributed by atoms with van der Waals surface area (Å²) in [5, 5.41) is 7.30. The number of anilines is 1. The largest absolute Gasteiger partial charge is 0.433 e. The van der Waals surface area contributed by atoms with Crippen LogP contribution in [0.1, 0.15) is 41.7 Å². The number of hydrogen-bond acceptors (Lipinski definition) is 3. The lowest BCUT2D eigenvalue weighted by Crippen LogP contribution is -2.42. The van der Waals surface area contributed by atoms with Crippen LogP contribution in [0.3, 0.4) is 0 Å². The van der Waals surface area contributed by atoms with Crippen molar-refractivity contribution in [1.29, 1.82) is 0 Å². The Kier molecular flexibility index (Phi) is 6.05. The van der Waals surface area contributed by atoms with E-state index in [9.17, 15) is 18.0 Å². The number of carbonyl (C=O) groups is 1. The topological polar surface area (TPSA) is 54.0 Å². The summed E-state index contributed by atoms with van der Waals surface area (Å²) >= 11 is 6.11. The minimum absolute atomic E-state index is 0.0721. The number of benzene rings is 2. The highest BCUT2D eigenvalue weighted by atomic mass is 35.5. The highest BCUT2D eigenvalue weighted by Gasteiger charge is 2.34. The van der Waals surface area contributed by atoms with E-state index in [0.29, 0.717) is 33.6 Å². The van der Waals surface area contributed by atoms with Gasteiger partial charge in [-0.2, -0.15) is 13.2 Å². The highest BCUT2D eigenvalue weighted by Crippen LogP contribution is 2.34. The SMILES string of the molecule is O=C(N[C@@H]1CCC[C@H](Nc2cc(C(F)(F)F)nc3ccccc23)C1)c1ccccc1Cl. The number of carbonyl (C=O) groups excluding carboxylic acids is 1. The Balaban J connectivity index is 1.51. The van der Waals surface area contributed by atoms with Crippen LogP contribution >= 0.6 is 11.6 Å². The van der Waals surface area contributed by atoms with Gasteiger partial charge in [0.15, 0.2) is 0 Å². The fraction of sp³-hybridized carbons (Fsp3) is 0.304. The van der Waals surface area contributed by atoms with E-state index in [-0.39, 0.29) is 18.0 Å². The molecule has 3 aromatic rings. The van der Waals surface area contributed by atoms with Crippen LogP contribution < -0.4 is 10.6 Å². The Labute approximate surface area is 182 Å². The maximum atomic E-state index is 13.3. The van der Waals surface area contributed by atoms with Crippen LogP contribution in [0.25, 0.3) is 10.9 Å². The van der Waals surface area contributed by atoms with E-state index in [1.54, 1.807) is 48.5 Å². The number of nitrogens with one attached hydrogen (secondary N) is 2. The molecule has 1 saturated carbocycles. The number of halogens is 4. The minimum atomic E-state index is -4.53. The predicted octanol–water partition coefficient (Wildman–Crippen LogP) is 6.06. The smallest absolute Gasteiger partial charge is 0.382 e. The van der Waals surface area contributed by atoms with Crippen molar-refractivity contribution in [2.24, 2.45) is 0 Å². The number of amides is 1. The standard InChI is InChI=1S/C23H21ClF3N3O/c24-18-10-3-1-8-16(18)22(31)29-15-7-5-6-14(12-15)28-20-13-21(23(25,26)27)30-19-11-4-2-9-17(19)20/h1-4,8-11,13-15H,5-7,12H2,(H,28,30)(H,29,31)/t14-,15+/m0/s1. The van der Waals surface area contributed by atoms with E-state index < -0.39 is 11.9 Å². The molecule has 0 unspecified atom stereocenters. The molecule has 1 amide bonds. The molecule has 1 fully saturated rings. The molecule has 0 saturated heterocycles. The van der Waals surface area contributed by atoms with E-state index in [0.717, 1.165) is 25.3 Å². The van der Waals surface area contributed by atoms with Crippen LogP contribution in [0.15, 0.2) is 54.6 Å². The number of fused-ring (bicyclic) bond motifs is 1. The van der Waals surface area contributed by atoms with Gasteiger partial charge in [0, 0.05) is 23.2 Å². The molecular formula is C23H21ClF3N3O. The molecule has 1 heterocycles. The van der Waals surface area contributed by atoms with Gasteiger partial charge in [0.1, 0.15) is 5.69 Å². The van der Waals surface area contributed by atoms with Crippen molar-refractivity contribution in [1.82, 2.24) is 10.3 Å². The van der Waals surface area contributed by atoms with E-state index in [4.69, 9.17) is 11.6 Å². The molecular weight excluding hydrogens is 427 g/mol. The van der Waals surface area contributed by atoms with Crippen molar-refractivity contribution < 1.29 is 18.0 Å². The summed E-state index contributed by atoms with van der Waals surface area (Å²) in [7, 11) is 0. The molecule has 0 spiro atoms. The Morgan fingerprint density at radius 2 is 1.74 bits per heavy atom. The van der Waals surface area contributed by atoms with Crippen molar-refractivity contribution in [3.05, 3.63) is 70.9 Å². The van der Waals surface area contributed by atoms with Gasteiger partial charge in [-0.25, -0.2) is 4.98 Å². The van der Waals surface area contributed by atoms with Crippen molar-refractivity contribution in [3.8, 4) is 0 Å². The lowest BCUT2D eigenvalue weighted by molar-refractivity contribution is -0.140. The number of rotatable bonds is 4. The molecule has 8 heteroatoms. The zero-order chi connectivity index (χ0) is 22.0. The first-order valence-electron chi connectivity index (χ1n) is 10.1. The van der Waals surface area contributed by atoms with Gasteiger partial charge in [-0.3, -0.25) is 4.79 Å². The molecule has 2 N–H and O–H groups in total. The first kappa shape index (κ1) is 21.4. The highest BCUT2D eigenvalue weighted by molar-refractivity contribution is 6.33. The Morgan fingerprint density at radius 3 is 2.52 bits per heavy atom. The van der Waals surface area contributed by atoms with Crippen molar-refractivity contribution in [2.45, 2.75) is 43.9 Å². The molecule has 0 radical (unpaired) electrons. The second-order valence-electron chi connectivity index (χ2n) is 7.73. The quantitative estimate of drug-likeness (QED) is 0.511. The summed E-state index contributed by atoms with van der Waals surface area (Å²) < 4.78 is 40.0. The Hall–Kier alpha value is -2.80. The summed E-state index contributed by atoms with van der Waals surface area (Å²) in [6.07, 6.45) is -1.47. The van der Waals surface area contributed by atoms with Crippen LogP contribution in [0.2, 0.25) is 5.02 Å². The first-order valence-corrected chi connectivity index (χ1v) is 10.5. The summed E-state index contributed by atoms with van der Waals surface area (Å²) in [6.45, 7) is 0. The van der Waals surface area contributed by atoms with Gasteiger partial charge in [0.2, 0.25) is 0 Å². The number of alkyl halides is 3. The van der Waals surface area contributed by atoms with Crippen LogP contribution in [-0.4, -0.2) is 23.0 Å². The van der Waals surface area contributed by atoms with Gasteiger partial charge in [-0.15, -0.1) is 0 Å². The summed E-state index contributed by atoms with van der Waals surface area (Å²) in [6, 6.07) is 14.5. The van der Waals surface area contributed by atoms with Crippen LogP contribution in [0, 0.1) is 0 Å². The fourth-order valence-electron chi connectivity index (χ4n) is 4.02. The number of nitrogens with zero attached hydrogens (tertiary/aromatic N) is 1. The molecule has 2 aromatic carbocycles. The average Bonchev–Trinajstić information content (AvgIpc) is 2.73. The van der Waals surface area contributed by atoms with Gasteiger partial charge in [-0.05, 0) is 49.9 Å². The number of hydrogen-bond donors (Lipinski definition) is 2. The van der Waals surface area contributed by atoms with E-state index in [1.165, 1.54) is 0 Å². The molecule has 0 aliphatic heterocycles. The number of para-hydroxylation sites is 1. The lowest BCUT2D eigenvalue weighted by Gasteiger charge is -2.31. The third-order valence-corrected chi connectivity index (χ3v) is 5.82. The molecule has 1 aliphatic carbocycles. The van der Waals surface area contributed by atoms with E-state index in [1.807, 2.05) is 0 Å². The normalized spacial score (nSPS) is 19.2. The molecule has 1 aromatic heterocycles. The first-order chi connectivity index (χ1) is 14.8. The van der Waals surface area contributed by atoms with Gasteiger partial charge >= 0.3 is 6.18 Å². The number of pyridine rings is 1. The van der Waals surface area contributed by atoms with Crippen LogP contribution in [0.4, 0.5) is 18.9 Å². The third kappa shape index (κ3) is 4.93. The molecule has 4 rings (SSSR count). The maximum absolute atomic E-state index is 13.3. The predicted molar refractivity (Wildman–Crippen MR) is 115 cm³/mol. The van der Waals surface area contributed by atoms with Gasteiger partial charge in [0.25, 0.3) is 5.91 Å². The molecule has 2 atom stereocenters. The van der Waals surface area contributed by atoms with Gasteiger partial charge in [0.05, 0.1) is 16.1 Å². The van der Waals surface area contributed by atoms with E-state index >= 15 is 0 Å². The van der Waals surface area contributed by atoms with Gasteiger partial charge < -0.3 is 10.6 Å². The Bertz CT molecular complexity index is 1100. The zero-order valence-electron chi connectivity index (χ0n) is 16.5. The van der Waals surface area contributed by atoms with Crippen LogP contribution in [0.5, 0.6) is 0 Å². The van der Waals surface area contributed by atoms with Crippen molar-refractivity contribution in [2.75, 3.05) is 5.32 Å². The molecule has 31 heavy (non-hydrogen) atoms. The second-order valence-corrected chi connectivity index (χ2v) is 8.14. The average molecular weight is 448 g/mol. The molecule has 1 aliphatic rings. The third-order valence-electron chi connectivity index (χ3n) is 5.49.